The maximum atomic E-state index is 5.88. The van der Waals surface area contributed by atoms with Crippen LogP contribution in [0.1, 0.15) is 43.4 Å². The fourth-order valence-electron chi connectivity index (χ4n) is 2.27. The van der Waals surface area contributed by atoms with Crippen molar-refractivity contribution >= 4 is 11.6 Å². The summed E-state index contributed by atoms with van der Waals surface area (Å²) in [6.07, 6.45) is 4.42. The van der Waals surface area contributed by atoms with Crippen LogP contribution in [0.3, 0.4) is 0 Å². The third-order valence-corrected chi connectivity index (χ3v) is 3.84. The van der Waals surface area contributed by atoms with Crippen LogP contribution in [0.5, 0.6) is 5.75 Å². The Hall–Kier alpha value is -1.91. The van der Waals surface area contributed by atoms with E-state index in [1.54, 1.807) is 0 Å². The molecule has 0 aliphatic heterocycles. The summed E-state index contributed by atoms with van der Waals surface area (Å²) in [4.78, 5) is 0. The highest BCUT2D eigenvalue weighted by atomic mass is 35.5. The molecule has 0 aromatic heterocycles. The molecule has 0 heterocycles. The van der Waals surface area contributed by atoms with Gasteiger partial charge in [-0.15, -0.1) is 0 Å². The molecule has 0 saturated heterocycles. The SMILES string of the molecule is Cc1cc(C#Cc2ccc(Cl)cc2)ccc1OCC[CH]CC(C)C. The average molecular weight is 340 g/mol. The molecular formula is C22H24ClO. The lowest BCUT2D eigenvalue weighted by Gasteiger charge is -2.10. The topological polar surface area (TPSA) is 9.23 Å². The van der Waals surface area contributed by atoms with Crippen LogP contribution in [-0.4, -0.2) is 6.61 Å². The number of aryl methyl sites for hydroxylation is 1. The van der Waals surface area contributed by atoms with Crippen molar-refractivity contribution in [3.8, 4) is 17.6 Å². The molecule has 2 aromatic rings. The number of hydrogen-bond acceptors (Lipinski definition) is 1. The largest absolute Gasteiger partial charge is 0.493 e. The number of hydrogen-bond donors (Lipinski definition) is 0. The van der Waals surface area contributed by atoms with Crippen LogP contribution in [0.25, 0.3) is 0 Å². The van der Waals surface area contributed by atoms with Gasteiger partial charge in [0, 0.05) is 16.1 Å². The Balaban J connectivity index is 1.91. The van der Waals surface area contributed by atoms with Gasteiger partial charge >= 0.3 is 0 Å². The third-order valence-electron chi connectivity index (χ3n) is 3.59. The number of rotatable bonds is 6. The summed E-state index contributed by atoms with van der Waals surface area (Å²) in [6.45, 7) is 7.24. The molecule has 0 spiro atoms. The van der Waals surface area contributed by atoms with E-state index in [1.807, 2.05) is 36.4 Å². The van der Waals surface area contributed by atoms with Crippen LogP contribution in [0.2, 0.25) is 5.02 Å². The predicted molar refractivity (Wildman–Crippen MR) is 102 cm³/mol. The Kier molecular flexibility index (Phi) is 7.22. The lowest BCUT2D eigenvalue weighted by molar-refractivity contribution is 0.315. The second-order valence-electron chi connectivity index (χ2n) is 6.29. The number of benzene rings is 2. The Morgan fingerprint density at radius 1 is 1.04 bits per heavy atom. The van der Waals surface area contributed by atoms with E-state index in [0.717, 1.165) is 46.9 Å². The van der Waals surface area contributed by atoms with Gasteiger partial charge in [-0.25, -0.2) is 0 Å². The van der Waals surface area contributed by atoms with Gasteiger partial charge in [0.25, 0.3) is 0 Å². The van der Waals surface area contributed by atoms with Crippen molar-refractivity contribution in [1.29, 1.82) is 0 Å². The molecule has 2 aromatic carbocycles. The summed E-state index contributed by atoms with van der Waals surface area (Å²) < 4.78 is 5.86. The fourth-order valence-corrected chi connectivity index (χ4v) is 2.40. The molecule has 0 aliphatic rings. The molecule has 2 rings (SSSR count). The summed E-state index contributed by atoms with van der Waals surface area (Å²) in [7, 11) is 0. The first-order valence-electron chi connectivity index (χ1n) is 8.37. The molecule has 0 amide bonds. The molecule has 1 radical (unpaired) electrons. The molecule has 24 heavy (non-hydrogen) atoms. The zero-order valence-electron chi connectivity index (χ0n) is 14.6. The lowest BCUT2D eigenvalue weighted by Crippen LogP contribution is -2.00. The van der Waals surface area contributed by atoms with Crippen molar-refractivity contribution in [1.82, 2.24) is 0 Å². The standard InChI is InChI=1S/C22H24ClO/c1-17(2)6-4-5-15-24-22-14-11-20(16-18(22)3)8-7-19-9-12-21(23)13-10-19/h4,9-14,16-17H,5-6,15H2,1-3H3. The lowest BCUT2D eigenvalue weighted by atomic mass is 10.1. The second-order valence-corrected chi connectivity index (χ2v) is 6.73. The van der Waals surface area contributed by atoms with E-state index in [9.17, 15) is 0 Å². The van der Waals surface area contributed by atoms with Crippen LogP contribution in [0, 0.1) is 31.1 Å². The molecule has 0 atom stereocenters. The van der Waals surface area contributed by atoms with Crippen molar-refractivity contribution in [3.05, 3.63) is 70.6 Å². The molecule has 0 aliphatic carbocycles. The van der Waals surface area contributed by atoms with E-state index in [0.29, 0.717) is 5.92 Å². The summed E-state index contributed by atoms with van der Waals surface area (Å²) in [5.41, 5.74) is 3.06. The smallest absolute Gasteiger partial charge is 0.122 e. The number of ether oxygens (including phenoxy) is 1. The first-order valence-corrected chi connectivity index (χ1v) is 8.75. The molecular weight excluding hydrogens is 316 g/mol. The van der Waals surface area contributed by atoms with E-state index >= 15 is 0 Å². The number of unbranched alkanes of at least 4 members (excludes halogenated alkanes) is 1. The maximum Gasteiger partial charge on any atom is 0.122 e. The minimum atomic E-state index is 0.713. The van der Waals surface area contributed by atoms with Crippen LogP contribution in [-0.2, 0) is 0 Å². The molecule has 2 heteroatoms. The molecule has 0 fully saturated rings. The summed E-state index contributed by atoms with van der Waals surface area (Å²) in [5, 5.41) is 0.725. The first kappa shape index (κ1) is 18.4. The highest BCUT2D eigenvalue weighted by Gasteiger charge is 2.01. The van der Waals surface area contributed by atoms with E-state index in [2.05, 4.69) is 45.1 Å². The Morgan fingerprint density at radius 3 is 2.38 bits per heavy atom. The van der Waals surface area contributed by atoms with Crippen molar-refractivity contribution in [2.45, 2.75) is 33.6 Å². The highest BCUT2D eigenvalue weighted by molar-refractivity contribution is 6.30. The van der Waals surface area contributed by atoms with Crippen molar-refractivity contribution < 1.29 is 4.74 Å². The van der Waals surface area contributed by atoms with Gasteiger partial charge in [0.05, 0.1) is 6.61 Å². The zero-order chi connectivity index (χ0) is 17.4. The Bertz CT molecular complexity index is 705. The van der Waals surface area contributed by atoms with Gasteiger partial charge in [0.2, 0.25) is 0 Å². The van der Waals surface area contributed by atoms with Crippen LogP contribution in [0.4, 0.5) is 0 Å². The zero-order valence-corrected chi connectivity index (χ0v) is 15.4. The van der Waals surface area contributed by atoms with Gasteiger partial charge < -0.3 is 4.74 Å². The highest BCUT2D eigenvalue weighted by Crippen LogP contribution is 2.19. The van der Waals surface area contributed by atoms with E-state index in [1.165, 1.54) is 0 Å². The van der Waals surface area contributed by atoms with Gasteiger partial charge in [0.15, 0.2) is 0 Å². The molecule has 125 valence electrons. The van der Waals surface area contributed by atoms with Gasteiger partial charge in [-0.05, 0) is 80.1 Å². The molecule has 1 nitrogen and oxygen atoms in total. The summed E-state index contributed by atoms with van der Waals surface area (Å²) in [5.74, 6) is 7.98. The van der Waals surface area contributed by atoms with Crippen LogP contribution in [0.15, 0.2) is 42.5 Å². The van der Waals surface area contributed by atoms with Crippen molar-refractivity contribution in [2.24, 2.45) is 5.92 Å². The fraction of sp³-hybridized carbons (Fsp3) is 0.318. The molecule has 0 unspecified atom stereocenters. The van der Waals surface area contributed by atoms with E-state index in [-0.39, 0.29) is 0 Å². The molecule has 0 saturated carbocycles. The minimum absolute atomic E-state index is 0.713. The quantitative estimate of drug-likeness (QED) is 0.458. The van der Waals surface area contributed by atoms with Crippen LogP contribution >= 0.6 is 11.6 Å². The van der Waals surface area contributed by atoms with Crippen LogP contribution < -0.4 is 4.74 Å². The van der Waals surface area contributed by atoms with Gasteiger partial charge in [-0.1, -0.05) is 37.3 Å². The summed E-state index contributed by atoms with van der Waals surface area (Å²) in [6, 6.07) is 13.6. The normalized spacial score (nSPS) is 10.4. The monoisotopic (exact) mass is 339 g/mol. The third kappa shape index (κ3) is 6.30. The van der Waals surface area contributed by atoms with Gasteiger partial charge in [-0.2, -0.15) is 0 Å². The average Bonchev–Trinajstić information content (AvgIpc) is 2.55. The maximum absolute atomic E-state index is 5.88. The first-order chi connectivity index (χ1) is 11.5. The summed E-state index contributed by atoms with van der Waals surface area (Å²) >= 11 is 5.88. The van der Waals surface area contributed by atoms with E-state index in [4.69, 9.17) is 16.3 Å². The Morgan fingerprint density at radius 2 is 1.71 bits per heavy atom. The Labute approximate surface area is 151 Å². The van der Waals surface area contributed by atoms with E-state index < -0.39 is 0 Å². The predicted octanol–water partition coefficient (Wildman–Crippen LogP) is 6.07. The van der Waals surface area contributed by atoms with Crippen molar-refractivity contribution in [3.63, 3.8) is 0 Å². The molecule has 0 N–H and O–H groups in total. The minimum Gasteiger partial charge on any atom is -0.493 e. The second kappa shape index (κ2) is 9.40. The molecule has 0 bridgehead atoms. The van der Waals surface area contributed by atoms with Gasteiger partial charge in [-0.3, -0.25) is 0 Å². The number of halogens is 1. The van der Waals surface area contributed by atoms with Crippen molar-refractivity contribution in [2.75, 3.05) is 6.61 Å². The van der Waals surface area contributed by atoms with Gasteiger partial charge in [0.1, 0.15) is 5.75 Å².